The van der Waals surface area contributed by atoms with Crippen molar-refractivity contribution >= 4 is 10.0 Å². The van der Waals surface area contributed by atoms with Gasteiger partial charge in [0.05, 0.1) is 0 Å². The van der Waals surface area contributed by atoms with E-state index in [0.29, 0.717) is 36.2 Å². The van der Waals surface area contributed by atoms with E-state index in [0.717, 1.165) is 18.4 Å². The lowest BCUT2D eigenvalue weighted by molar-refractivity contribution is 0.280. The van der Waals surface area contributed by atoms with Gasteiger partial charge in [0.25, 0.3) is 10.0 Å². The highest BCUT2D eigenvalue weighted by Gasteiger charge is 2.35. The van der Waals surface area contributed by atoms with Crippen LogP contribution in [0.2, 0.25) is 0 Å². The molecule has 1 aliphatic rings. The molecule has 1 aromatic heterocycles. The minimum Gasteiger partial charge on any atom is -0.435 e. The molecule has 3 aromatic rings. The maximum Gasteiger partial charge on any atom is 0.264 e. The highest BCUT2D eigenvalue weighted by molar-refractivity contribution is 7.89. The van der Waals surface area contributed by atoms with Gasteiger partial charge in [-0.25, -0.2) is 8.42 Å². The van der Waals surface area contributed by atoms with E-state index in [1.165, 1.54) is 0 Å². The zero-order valence-corrected chi connectivity index (χ0v) is 16.0. The van der Waals surface area contributed by atoms with E-state index in [-0.39, 0.29) is 5.03 Å². The number of oxazole rings is 1. The summed E-state index contributed by atoms with van der Waals surface area (Å²) in [6, 6.07) is 18.7. The van der Waals surface area contributed by atoms with Gasteiger partial charge >= 0.3 is 0 Å². The molecule has 0 aliphatic carbocycles. The lowest BCUT2D eigenvalue weighted by Gasteiger charge is -2.29. The number of sulfonamides is 1. The Hall–Kier alpha value is -2.44. The summed E-state index contributed by atoms with van der Waals surface area (Å²) >= 11 is 0. The van der Waals surface area contributed by atoms with Gasteiger partial charge < -0.3 is 4.42 Å². The van der Waals surface area contributed by atoms with Crippen LogP contribution in [0.3, 0.4) is 0 Å². The Labute approximate surface area is 159 Å². The number of rotatable bonds is 4. The summed E-state index contributed by atoms with van der Waals surface area (Å²) in [7, 11) is -3.73. The van der Waals surface area contributed by atoms with Crippen molar-refractivity contribution in [3.63, 3.8) is 0 Å². The Bertz CT molecular complexity index is 1010. The first-order chi connectivity index (χ1) is 13.1. The number of nitrogens with zero attached hydrogens (tertiary/aromatic N) is 2. The molecule has 1 saturated heterocycles. The van der Waals surface area contributed by atoms with Crippen LogP contribution >= 0.6 is 0 Å². The third-order valence-electron chi connectivity index (χ3n) is 4.86. The number of piperidine rings is 1. The van der Waals surface area contributed by atoms with E-state index in [1.54, 1.807) is 4.31 Å². The van der Waals surface area contributed by atoms with E-state index in [1.807, 2.05) is 60.7 Å². The van der Waals surface area contributed by atoms with Crippen LogP contribution in [0.5, 0.6) is 0 Å². The monoisotopic (exact) mass is 382 g/mol. The average Bonchev–Trinajstić information content (AvgIpc) is 3.16. The predicted molar refractivity (Wildman–Crippen MR) is 105 cm³/mol. The van der Waals surface area contributed by atoms with Gasteiger partial charge in [0, 0.05) is 24.2 Å². The summed E-state index contributed by atoms with van der Waals surface area (Å²) in [6.07, 6.45) is 1.91. The second-order valence-electron chi connectivity index (χ2n) is 7.00. The molecule has 0 spiro atoms. The minimum atomic E-state index is -3.73. The second kappa shape index (κ2) is 7.29. The molecule has 0 saturated carbocycles. The molecular weight excluding hydrogens is 360 g/mol. The van der Waals surface area contributed by atoms with Gasteiger partial charge in [-0.1, -0.05) is 55.5 Å². The predicted octanol–water partition coefficient (Wildman–Crippen LogP) is 4.43. The topological polar surface area (TPSA) is 63.4 Å². The Balaban J connectivity index is 1.84. The Morgan fingerprint density at radius 1 is 1.00 bits per heavy atom. The van der Waals surface area contributed by atoms with Gasteiger partial charge in [-0.05, 0) is 30.9 Å². The molecule has 2 heterocycles. The van der Waals surface area contributed by atoms with Crippen molar-refractivity contribution in [2.24, 2.45) is 5.92 Å². The molecule has 27 heavy (non-hydrogen) atoms. The highest BCUT2D eigenvalue weighted by atomic mass is 32.2. The zero-order chi connectivity index (χ0) is 18.9. The van der Waals surface area contributed by atoms with Gasteiger partial charge in [-0.15, -0.1) is 0 Å². The van der Waals surface area contributed by atoms with Crippen molar-refractivity contribution in [1.82, 2.24) is 9.29 Å². The number of hydrogen-bond donors (Lipinski definition) is 0. The van der Waals surface area contributed by atoms with Gasteiger partial charge in [0.15, 0.2) is 5.76 Å². The molecule has 0 amide bonds. The first kappa shape index (κ1) is 17.9. The molecular formula is C21H22N2O3S. The van der Waals surface area contributed by atoms with E-state index in [9.17, 15) is 8.42 Å². The van der Waals surface area contributed by atoms with Gasteiger partial charge in [-0.2, -0.15) is 9.29 Å². The fraction of sp³-hybridized carbons (Fsp3) is 0.286. The summed E-state index contributed by atoms with van der Waals surface area (Å²) in [4.78, 5) is 4.43. The van der Waals surface area contributed by atoms with E-state index >= 15 is 0 Å². The summed E-state index contributed by atoms with van der Waals surface area (Å²) in [5.41, 5.74) is 1.46. The minimum absolute atomic E-state index is 0.00153. The van der Waals surface area contributed by atoms with Crippen molar-refractivity contribution < 1.29 is 12.8 Å². The molecule has 0 radical (unpaired) electrons. The molecule has 5 nitrogen and oxygen atoms in total. The number of hydrogen-bond acceptors (Lipinski definition) is 4. The van der Waals surface area contributed by atoms with Gasteiger partial charge in [-0.3, -0.25) is 0 Å². The quantitative estimate of drug-likeness (QED) is 0.670. The average molecular weight is 382 g/mol. The van der Waals surface area contributed by atoms with Crippen LogP contribution in [-0.2, 0) is 10.0 Å². The van der Waals surface area contributed by atoms with Crippen LogP contribution in [0, 0.1) is 5.92 Å². The summed E-state index contributed by atoms with van der Waals surface area (Å²) in [5, 5.41) is 0.00153. The molecule has 4 rings (SSSR count). The fourth-order valence-corrected chi connectivity index (χ4v) is 5.10. The third-order valence-corrected chi connectivity index (χ3v) is 6.63. The molecule has 0 N–H and O–H groups in total. The van der Waals surface area contributed by atoms with E-state index in [4.69, 9.17) is 4.42 Å². The maximum atomic E-state index is 13.4. The molecule has 0 bridgehead atoms. The SMILES string of the molecule is C[C@@H]1CCCN(S(=O)(=O)c2nc(-c3ccccc3)oc2-c2ccccc2)C1. The van der Waals surface area contributed by atoms with Crippen LogP contribution in [0.4, 0.5) is 0 Å². The maximum absolute atomic E-state index is 13.4. The Kier molecular flexibility index (Phi) is 4.85. The molecule has 0 unspecified atom stereocenters. The first-order valence-electron chi connectivity index (χ1n) is 9.17. The molecule has 2 aromatic carbocycles. The zero-order valence-electron chi connectivity index (χ0n) is 15.2. The van der Waals surface area contributed by atoms with Crippen LogP contribution in [0.25, 0.3) is 22.8 Å². The normalized spacial score (nSPS) is 18.5. The molecule has 1 atom stereocenters. The first-order valence-corrected chi connectivity index (χ1v) is 10.6. The standard InChI is InChI=1S/C21H22N2O3S/c1-16-9-8-14-23(15-16)27(24,25)21-19(17-10-4-2-5-11-17)26-20(22-21)18-12-6-3-7-13-18/h2-7,10-13,16H,8-9,14-15H2,1H3/t16-/m1/s1. The number of aromatic nitrogens is 1. The Morgan fingerprint density at radius 3 is 2.26 bits per heavy atom. The lowest BCUT2D eigenvalue weighted by Crippen LogP contribution is -2.39. The smallest absolute Gasteiger partial charge is 0.264 e. The van der Waals surface area contributed by atoms with Gasteiger partial charge in [0.1, 0.15) is 0 Å². The van der Waals surface area contributed by atoms with E-state index in [2.05, 4.69) is 11.9 Å². The fourth-order valence-electron chi connectivity index (χ4n) is 3.44. The lowest BCUT2D eigenvalue weighted by atomic mass is 10.0. The molecule has 1 fully saturated rings. The van der Waals surface area contributed by atoms with E-state index < -0.39 is 10.0 Å². The van der Waals surface area contributed by atoms with Crippen molar-refractivity contribution in [2.75, 3.05) is 13.1 Å². The third kappa shape index (κ3) is 3.55. The second-order valence-corrected chi connectivity index (χ2v) is 8.85. The van der Waals surface area contributed by atoms with Crippen molar-refractivity contribution in [1.29, 1.82) is 0 Å². The number of benzene rings is 2. The van der Waals surface area contributed by atoms with Gasteiger partial charge in [0.2, 0.25) is 10.9 Å². The van der Waals surface area contributed by atoms with Crippen LogP contribution < -0.4 is 0 Å². The summed E-state index contributed by atoms with van der Waals surface area (Å²) < 4.78 is 34.3. The largest absolute Gasteiger partial charge is 0.435 e. The van der Waals surface area contributed by atoms with Crippen molar-refractivity contribution in [2.45, 2.75) is 24.8 Å². The summed E-state index contributed by atoms with van der Waals surface area (Å²) in [6.45, 7) is 3.12. The highest BCUT2D eigenvalue weighted by Crippen LogP contribution is 2.35. The molecule has 1 aliphatic heterocycles. The van der Waals surface area contributed by atoms with Crippen LogP contribution in [-0.4, -0.2) is 30.8 Å². The van der Waals surface area contributed by atoms with Crippen molar-refractivity contribution in [3.8, 4) is 22.8 Å². The Morgan fingerprint density at radius 2 is 1.63 bits per heavy atom. The molecule has 140 valence electrons. The van der Waals surface area contributed by atoms with Crippen LogP contribution in [0.1, 0.15) is 19.8 Å². The molecule has 6 heteroatoms. The van der Waals surface area contributed by atoms with Crippen LogP contribution in [0.15, 0.2) is 70.1 Å². The summed E-state index contributed by atoms with van der Waals surface area (Å²) in [5.74, 6) is 0.958. The van der Waals surface area contributed by atoms with Crippen molar-refractivity contribution in [3.05, 3.63) is 60.7 Å².